The number of sulfonamides is 1. The molecule has 0 aliphatic heterocycles. The fourth-order valence-corrected chi connectivity index (χ4v) is 3.82. The fourth-order valence-electron chi connectivity index (χ4n) is 2.63. The SMILES string of the molecule is Cc1cccc(-c2ccc(S(=O)(=O)N(C)c3cccc(O)c3)cc2)c1. The van der Waals surface area contributed by atoms with E-state index in [1.807, 2.05) is 25.1 Å². The largest absolute Gasteiger partial charge is 0.508 e. The number of phenols is 1. The second-order valence-corrected chi connectivity index (χ2v) is 7.86. The molecule has 3 aromatic rings. The fraction of sp³-hybridized carbons (Fsp3) is 0.100. The van der Waals surface area contributed by atoms with Gasteiger partial charge < -0.3 is 5.11 Å². The summed E-state index contributed by atoms with van der Waals surface area (Å²) in [6.45, 7) is 2.02. The number of benzene rings is 3. The molecule has 1 N–H and O–H groups in total. The van der Waals surface area contributed by atoms with Crippen LogP contribution < -0.4 is 4.31 Å². The van der Waals surface area contributed by atoms with Gasteiger partial charge in [0.05, 0.1) is 10.6 Å². The van der Waals surface area contributed by atoms with Crippen LogP contribution in [0, 0.1) is 6.92 Å². The zero-order valence-corrected chi connectivity index (χ0v) is 14.9. The lowest BCUT2D eigenvalue weighted by atomic mass is 10.0. The van der Waals surface area contributed by atoms with Crippen LogP contribution in [0.25, 0.3) is 11.1 Å². The molecule has 0 fully saturated rings. The Morgan fingerprint density at radius 1 is 0.840 bits per heavy atom. The molecule has 0 unspecified atom stereocenters. The summed E-state index contributed by atoms with van der Waals surface area (Å²) in [5.41, 5.74) is 3.56. The zero-order valence-electron chi connectivity index (χ0n) is 14.0. The van der Waals surface area contributed by atoms with Crippen molar-refractivity contribution in [3.63, 3.8) is 0 Å². The molecule has 0 bridgehead atoms. The average molecular weight is 353 g/mol. The molecule has 0 heterocycles. The van der Waals surface area contributed by atoms with Gasteiger partial charge in [-0.1, -0.05) is 48.0 Å². The van der Waals surface area contributed by atoms with E-state index in [1.165, 1.54) is 19.2 Å². The van der Waals surface area contributed by atoms with Crippen LogP contribution in [0.4, 0.5) is 5.69 Å². The van der Waals surface area contributed by atoms with Gasteiger partial charge in [0.15, 0.2) is 0 Å². The Bertz CT molecular complexity index is 995. The number of aromatic hydroxyl groups is 1. The topological polar surface area (TPSA) is 57.6 Å². The third kappa shape index (κ3) is 3.51. The number of aryl methyl sites for hydroxylation is 1. The number of anilines is 1. The molecular weight excluding hydrogens is 334 g/mol. The normalized spacial score (nSPS) is 11.3. The van der Waals surface area contributed by atoms with Gasteiger partial charge in [-0.25, -0.2) is 8.42 Å². The Kier molecular flexibility index (Phi) is 4.51. The Labute approximate surface area is 148 Å². The maximum atomic E-state index is 12.8. The van der Waals surface area contributed by atoms with Crippen molar-refractivity contribution in [3.05, 3.63) is 78.4 Å². The predicted octanol–water partition coefficient (Wildman–Crippen LogP) is 4.19. The summed E-state index contributed by atoms with van der Waals surface area (Å²) in [6, 6.07) is 21.0. The van der Waals surface area contributed by atoms with E-state index in [0.29, 0.717) is 5.69 Å². The second-order valence-electron chi connectivity index (χ2n) is 5.89. The number of nitrogens with zero attached hydrogens (tertiary/aromatic N) is 1. The molecule has 0 amide bonds. The third-order valence-corrected chi connectivity index (χ3v) is 5.86. The van der Waals surface area contributed by atoms with Crippen molar-refractivity contribution in [2.24, 2.45) is 0 Å². The van der Waals surface area contributed by atoms with E-state index >= 15 is 0 Å². The Morgan fingerprint density at radius 3 is 2.16 bits per heavy atom. The van der Waals surface area contributed by atoms with Crippen molar-refractivity contribution in [3.8, 4) is 16.9 Å². The van der Waals surface area contributed by atoms with E-state index in [9.17, 15) is 13.5 Å². The van der Waals surface area contributed by atoms with Gasteiger partial charge in [-0.3, -0.25) is 4.31 Å². The highest BCUT2D eigenvalue weighted by Crippen LogP contribution is 2.27. The van der Waals surface area contributed by atoms with E-state index in [-0.39, 0.29) is 10.6 Å². The van der Waals surface area contributed by atoms with Gasteiger partial charge in [-0.05, 0) is 42.3 Å². The zero-order chi connectivity index (χ0) is 18.0. The summed E-state index contributed by atoms with van der Waals surface area (Å²) < 4.78 is 26.7. The first kappa shape index (κ1) is 17.0. The molecule has 0 radical (unpaired) electrons. The average Bonchev–Trinajstić information content (AvgIpc) is 2.61. The molecule has 0 aliphatic rings. The van der Waals surface area contributed by atoms with Gasteiger partial charge in [-0.15, -0.1) is 0 Å². The van der Waals surface area contributed by atoms with E-state index in [4.69, 9.17) is 0 Å². The van der Waals surface area contributed by atoms with E-state index in [2.05, 4.69) is 6.07 Å². The minimum absolute atomic E-state index is 0.0225. The Morgan fingerprint density at radius 2 is 1.52 bits per heavy atom. The van der Waals surface area contributed by atoms with Crippen LogP contribution in [0.5, 0.6) is 5.75 Å². The predicted molar refractivity (Wildman–Crippen MR) is 100 cm³/mol. The molecule has 3 aromatic carbocycles. The van der Waals surface area contributed by atoms with Gasteiger partial charge >= 0.3 is 0 Å². The van der Waals surface area contributed by atoms with Gasteiger partial charge in [0.2, 0.25) is 0 Å². The lowest BCUT2D eigenvalue weighted by Gasteiger charge is -2.19. The highest BCUT2D eigenvalue weighted by atomic mass is 32.2. The lowest BCUT2D eigenvalue weighted by Crippen LogP contribution is -2.26. The van der Waals surface area contributed by atoms with Crippen LogP contribution in [-0.4, -0.2) is 20.6 Å². The summed E-state index contributed by atoms with van der Waals surface area (Å²) in [6.07, 6.45) is 0. The van der Waals surface area contributed by atoms with E-state index in [0.717, 1.165) is 21.0 Å². The maximum Gasteiger partial charge on any atom is 0.264 e. The quantitative estimate of drug-likeness (QED) is 0.765. The van der Waals surface area contributed by atoms with E-state index in [1.54, 1.807) is 36.4 Å². The maximum absolute atomic E-state index is 12.8. The number of hydrogen-bond acceptors (Lipinski definition) is 3. The number of hydrogen-bond donors (Lipinski definition) is 1. The van der Waals surface area contributed by atoms with Crippen LogP contribution in [0.1, 0.15) is 5.56 Å². The van der Waals surface area contributed by atoms with Crippen molar-refractivity contribution >= 4 is 15.7 Å². The highest BCUT2D eigenvalue weighted by molar-refractivity contribution is 7.92. The summed E-state index contributed by atoms with van der Waals surface area (Å²) in [4.78, 5) is 0.203. The van der Waals surface area contributed by atoms with Crippen molar-refractivity contribution in [2.45, 2.75) is 11.8 Å². The van der Waals surface area contributed by atoms with Gasteiger partial charge in [-0.2, -0.15) is 0 Å². The minimum atomic E-state index is -3.69. The van der Waals surface area contributed by atoms with Gasteiger partial charge in [0, 0.05) is 13.1 Å². The molecule has 0 saturated carbocycles. The first-order valence-electron chi connectivity index (χ1n) is 7.83. The standard InChI is InChI=1S/C20H19NO3S/c1-15-5-3-6-17(13-15)16-9-11-20(12-10-16)25(23,24)21(2)18-7-4-8-19(22)14-18/h3-14,22H,1-2H3. The van der Waals surface area contributed by atoms with Crippen molar-refractivity contribution in [2.75, 3.05) is 11.4 Å². The van der Waals surface area contributed by atoms with Crippen molar-refractivity contribution in [1.82, 2.24) is 0 Å². The second kappa shape index (κ2) is 6.61. The first-order valence-corrected chi connectivity index (χ1v) is 9.27. The van der Waals surface area contributed by atoms with Crippen LogP contribution in [0.15, 0.2) is 77.7 Å². The Hall–Kier alpha value is -2.79. The van der Waals surface area contributed by atoms with Gasteiger partial charge in [0.1, 0.15) is 5.75 Å². The van der Waals surface area contributed by atoms with Crippen LogP contribution in [0.2, 0.25) is 0 Å². The van der Waals surface area contributed by atoms with Gasteiger partial charge in [0.25, 0.3) is 10.0 Å². The monoisotopic (exact) mass is 353 g/mol. The smallest absolute Gasteiger partial charge is 0.264 e. The summed E-state index contributed by atoms with van der Waals surface area (Å²) in [5.74, 6) is 0.0225. The van der Waals surface area contributed by atoms with Crippen molar-refractivity contribution in [1.29, 1.82) is 0 Å². The Balaban J connectivity index is 1.93. The molecule has 0 spiro atoms. The molecule has 0 aromatic heterocycles. The van der Waals surface area contributed by atoms with Crippen molar-refractivity contribution < 1.29 is 13.5 Å². The summed E-state index contributed by atoms with van der Waals surface area (Å²) >= 11 is 0. The third-order valence-electron chi connectivity index (χ3n) is 4.06. The molecular formula is C20H19NO3S. The first-order chi connectivity index (χ1) is 11.9. The van der Waals surface area contributed by atoms with Crippen LogP contribution in [-0.2, 0) is 10.0 Å². The number of phenolic OH excluding ortho intramolecular Hbond substituents is 1. The molecule has 0 aliphatic carbocycles. The summed E-state index contributed by atoms with van der Waals surface area (Å²) in [7, 11) is -2.22. The highest BCUT2D eigenvalue weighted by Gasteiger charge is 2.21. The van der Waals surface area contributed by atoms with Crippen LogP contribution in [0.3, 0.4) is 0 Å². The molecule has 0 saturated heterocycles. The van der Waals surface area contributed by atoms with E-state index < -0.39 is 10.0 Å². The van der Waals surface area contributed by atoms with Crippen LogP contribution >= 0.6 is 0 Å². The molecule has 128 valence electrons. The molecule has 4 nitrogen and oxygen atoms in total. The molecule has 0 atom stereocenters. The molecule has 25 heavy (non-hydrogen) atoms. The minimum Gasteiger partial charge on any atom is -0.508 e. The molecule has 5 heteroatoms. The summed E-state index contributed by atoms with van der Waals surface area (Å²) in [5, 5.41) is 9.56. The lowest BCUT2D eigenvalue weighted by molar-refractivity contribution is 0.475. The molecule has 3 rings (SSSR count). The number of rotatable bonds is 4.